The van der Waals surface area contributed by atoms with E-state index in [-0.39, 0.29) is 79.1 Å². The molecule has 1 atom stereocenters. The zero-order valence-corrected chi connectivity index (χ0v) is 58.6. The predicted molar refractivity (Wildman–Crippen MR) is 340 cm³/mol. The maximum atomic E-state index is 10.5. The summed E-state index contributed by atoms with van der Waals surface area (Å²) >= 11 is 0. The maximum absolute atomic E-state index is 10.5. The van der Waals surface area contributed by atoms with Crippen LogP contribution in [0.25, 0.3) is 0 Å². The Hall–Kier alpha value is -5.17. The van der Waals surface area contributed by atoms with Gasteiger partial charge in [-0.2, -0.15) is 0 Å². The summed E-state index contributed by atoms with van der Waals surface area (Å²) < 4.78 is 47.1. The van der Waals surface area contributed by atoms with Crippen molar-refractivity contribution >= 4 is 53.7 Å². The molecule has 2 aliphatic rings. The van der Waals surface area contributed by atoms with Crippen LogP contribution in [0.2, 0.25) is 0 Å². The van der Waals surface area contributed by atoms with E-state index < -0.39 is 6.10 Å². The molecule has 2 saturated heterocycles. The van der Waals surface area contributed by atoms with Crippen LogP contribution in [0.3, 0.4) is 0 Å². The van der Waals surface area contributed by atoms with Gasteiger partial charge in [-0.1, -0.05) is 13.3 Å². The van der Waals surface area contributed by atoms with Gasteiger partial charge in [0.15, 0.2) is 0 Å². The molecule has 28 nitrogen and oxygen atoms in total. The van der Waals surface area contributed by atoms with Crippen LogP contribution in [0.1, 0.15) is 135 Å². The van der Waals surface area contributed by atoms with Crippen molar-refractivity contribution in [2.75, 3.05) is 201 Å². The van der Waals surface area contributed by atoms with E-state index >= 15 is 0 Å². The molecular weight excluding hydrogens is 1170 g/mol. The lowest BCUT2D eigenvalue weighted by atomic mass is 10.1. The minimum atomic E-state index is -0.544. The van der Waals surface area contributed by atoms with E-state index in [1.807, 2.05) is 79.8 Å². The quantitative estimate of drug-likeness (QED) is 0.0575. The number of esters is 9. The highest BCUT2D eigenvalue weighted by atomic mass is 16.6. The molecule has 0 aliphatic carbocycles. The number of hydrogen-bond acceptors (Lipinski definition) is 28. The summed E-state index contributed by atoms with van der Waals surface area (Å²) in [4.78, 5) is 104. The van der Waals surface area contributed by atoms with Crippen molar-refractivity contribution in [2.24, 2.45) is 0 Å². The molecule has 2 rings (SSSR count). The first kappa shape index (κ1) is 97.4. The lowest BCUT2D eigenvalue weighted by molar-refractivity contribution is -0.152. The first-order valence-electron chi connectivity index (χ1n) is 30.3. The summed E-state index contributed by atoms with van der Waals surface area (Å²) in [5.74, 6) is -2.10. The molecule has 0 amide bonds. The molecule has 89 heavy (non-hydrogen) atoms. The molecule has 0 aromatic rings. The standard InChI is InChI=1S/C10H19NO3.C8H17NO4.C8H15NO3.C8H17NO2.C7H15NO2.C6H13NO2.C6H12O2.C5H10O2.C3H6O2/c1-9(12)14-8-10(13)7-11-5-3-2-4-6-11;1-8(12)13-7-4-9(2-5-10)3-6-11;1-8(10)12-7-4-9-2-5-11-6-3-9;1-8(10)11-7-5-4-6-9(2)3;1-7(9)10-6-4-5-8(2)3;1-6(8)9-5-4-7(2)3;1-5(7)8-6(2,3)4;1-3-4-7-5(2)6;1-3(4)5-2/h10,13H,2-8H2,1H3;10-11H,2-7H2,1H3;2-7H2,1H3;4-7H2,1-3H3;4-6H2,1-3H3;4-5H2,1-3H3;1-4H3;3-4H2,1-2H3;1-2H3. The maximum Gasteiger partial charge on any atom is 0.303 e. The third-order valence-electron chi connectivity index (χ3n) is 10.2. The largest absolute Gasteiger partial charge is 0.469 e. The van der Waals surface area contributed by atoms with Crippen molar-refractivity contribution in [3.05, 3.63) is 0 Å². The molecule has 2 aliphatic heterocycles. The number of nitrogens with zero attached hydrogens (tertiary/aromatic N) is 6. The number of likely N-dealkylation sites (tertiary alicyclic amines) is 1. The van der Waals surface area contributed by atoms with Crippen LogP contribution in [-0.4, -0.2) is 311 Å². The van der Waals surface area contributed by atoms with Crippen molar-refractivity contribution in [1.82, 2.24) is 29.4 Å². The molecule has 3 N–H and O–H groups in total. The lowest BCUT2D eigenvalue weighted by Crippen LogP contribution is -2.38. The molecule has 0 radical (unpaired) electrons. The van der Waals surface area contributed by atoms with Crippen molar-refractivity contribution in [1.29, 1.82) is 0 Å². The second-order valence-corrected chi connectivity index (χ2v) is 21.5. The number of carbonyl (C=O) groups is 9. The molecule has 0 bridgehead atoms. The number of unbranched alkanes of at least 4 members (excludes halogenated alkanes) is 1. The summed E-state index contributed by atoms with van der Waals surface area (Å²) in [5, 5.41) is 26.8. The topological polar surface area (TPSA) is 326 Å². The Balaban J connectivity index is -0.000000172. The lowest BCUT2D eigenvalue weighted by Gasteiger charge is -2.28. The van der Waals surface area contributed by atoms with Crippen molar-refractivity contribution < 1.29 is 106 Å². The highest BCUT2D eigenvalue weighted by Gasteiger charge is 2.16. The zero-order chi connectivity index (χ0) is 70.0. The minimum Gasteiger partial charge on any atom is -0.469 e. The third kappa shape index (κ3) is 111. The van der Waals surface area contributed by atoms with Crippen LogP contribution in [0.4, 0.5) is 0 Å². The van der Waals surface area contributed by atoms with E-state index in [1.165, 1.54) is 88.7 Å². The van der Waals surface area contributed by atoms with Gasteiger partial charge in [-0.15, -0.1) is 0 Å². The molecule has 530 valence electrons. The van der Waals surface area contributed by atoms with Crippen LogP contribution in [-0.2, 0) is 90.5 Å². The van der Waals surface area contributed by atoms with E-state index in [1.54, 1.807) is 0 Å². The monoisotopic (exact) mass is 1290 g/mol. The van der Waals surface area contributed by atoms with Gasteiger partial charge in [0.05, 0.1) is 53.4 Å². The molecule has 0 spiro atoms. The normalized spacial score (nSPS) is 12.7. The van der Waals surface area contributed by atoms with Crippen molar-refractivity contribution in [3.63, 3.8) is 0 Å². The summed E-state index contributed by atoms with van der Waals surface area (Å²) in [6, 6.07) is 0. The van der Waals surface area contributed by atoms with Gasteiger partial charge in [-0.25, -0.2) is 0 Å². The van der Waals surface area contributed by atoms with Crippen LogP contribution >= 0.6 is 0 Å². The van der Waals surface area contributed by atoms with Gasteiger partial charge >= 0.3 is 53.7 Å². The number of β-amino-alcohol motifs (C(OH)–C–C–N with tert-alkyl or cyclic N) is 1. The first-order valence-corrected chi connectivity index (χ1v) is 30.3. The average molecular weight is 1290 g/mol. The minimum absolute atomic E-state index is 0.0417. The van der Waals surface area contributed by atoms with Gasteiger partial charge in [0, 0.05) is 121 Å². The van der Waals surface area contributed by atoms with Gasteiger partial charge in [0.1, 0.15) is 38.1 Å². The Morgan fingerprint density at radius 3 is 1.19 bits per heavy atom. The van der Waals surface area contributed by atoms with Gasteiger partial charge in [-0.3, -0.25) is 53.0 Å². The predicted octanol–water partition coefficient (Wildman–Crippen LogP) is 3.10. The average Bonchev–Trinajstić information content (AvgIpc) is 3.56. The third-order valence-corrected chi connectivity index (χ3v) is 10.2. The van der Waals surface area contributed by atoms with Gasteiger partial charge in [0.25, 0.3) is 0 Å². The Labute approximate surface area is 534 Å². The molecule has 1 unspecified atom stereocenters. The highest BCUT2D eigenvalue weighted by Crippen LogP contribution is 2.09. The van der Waals surface area contributed by atoms with Crippen LogP contribution < -0.4 is 0 Å². The molecule has 0 saturated carbocycles. The fraction of sp³-hybridized carbons (Fsp3) is 0.852. The van der Waals surface area contributed by atoms with Crippen LogP contribution in [0.5, 0.6) is 0 Å². The SMILES string of the molecule is CC(=O)OC(C)(C)C.CC(=O)OCC(O)CN1CCCCC1.CC(=O)OCCCCN(C)C.CC(=O)OCCCN(C)C.CC(=O)OCCN(C)C.CC(=O)OCCN(CCO)CCO.CC(=O)OCCN1CCOCC1.CCCOC(C)=O.COC(C)=O. The second kappa shape index (κ2) is 70.3. The summed E-state index contributed by atoms with van der Waals surface area (Å²) in [7, 11) is 13.3. The Morgan fingerprint density at radius 2 is 0.843 bits per heavy atom. The van der Waals surface area contributed by atoms with Crippen LogP contribution in [0.15, 0.2) is 0 Å². The number of piperidine rings is 1. The number of likely N-dealkylation sites (N-methyl/N-ethyl adjacent to an activating group) is 1. The zero-order valence-electron chi connectivity index (χ0n) is 58.6. The Morgan fingerprint density at radius 1 is 0.461 bits per heavy atom. The van der Waals surface area contributed by atoms with E-state index in [9.17, 15) is 48.3 Å². The highest BCUT2D eigenvalue weighted by molar-refractivity contribution is 5.68. The summed E-state index contributed by atoms with van der Waals surface area (Å²) in [6.45, 7) is 34.6. The molecule has 28 heteroatoms. The summed E-state index contributed by atoms with van der Waals surface area (Å²) in [5.41, 5.74) is -0.328. The molecule has 0 aromatic heterocycles. The number of aliphatic hydroxyl groups excluding tert-OH is 3. The molecule has 2 heterocycles. The fourth-order valence-corrected chi connectivity index (χ4v) is 6.18. The summed E-state index contributed by atoms with van der Waals surface area (Å²) in [6.07, 6.45) is 7.01. The number of hydrogen-bond donors (Lipinski definition) is 3. The number of carbonyl (C=O) groups excluding carboxylic acids is 9. The van der Waals surface area contributed by atoms with E-state index in [2.05, 4.69) is 33.8 Å². The number of aliphatic hydroxyl groups is 3. The number of rotatable bonds is 28. The van der Waals surface area contributed by atoms with E-state index in [0.29, 0.717) is 65.8 Å². The second-order valence-electron chi connectivity index (χ2n) is 21.5. The van der Waals surface area contributed by atoms with Gasteiger partial charge < -0.3 is 82.3 Å². The van der Waals surface area contributed by atoms with Crippen molar-refractivity contribution in [3.8, 4) is 0 Å². The van der Waals surface area contributed by atoms with E-state index in [0.717, 1.165) is 91.3 Å². The Bertz CT molecular complexity index is 1710. The molecular formula is C61H124N6O22. The van der Waals surface area contributed by atoms with Crippen LogP contribution in [0, 0.1) is 0 Å². The Kier molecular flexibility index (Phi) is 77.0. The fourth-order valence-electron chi connectivity index (χ4n) is 6.18. The smallest absolute Gasteiger partial charge is 0.303 e. The van der Waals surface area contributed by atoms with Gasteiger partial charge in [-0.05, 0) is 121 Å². The van der Waals surface area contributed by atoms with Gasteiger partial charge in [0.2, 0.25) is 0 Å². The molecule has 2 fully saturated rings. The first-order chi connectivity index (χ1) is 41.5. The number of morpholine rings is 1. The van der Waals surface area contributed by atoms with Crippen molar-refractivity contribution in [2.45, 2.75) is 147 Å². The van der Waals surface area contributed by atoms with E-state index in [4.69, 9.17) is 43.4 Å². The number of ether oxygens (including phenoxy) is 10. The molecule has 0 aromatic carbocycles. The number of methoxy groups -OCH3 is 1.